The van der Waals surface area contributed by atoms with Crippen LogP contribution in [0.1, 0.15) is 37.7 Å². The van der Waals surface area contributed by atoms with E-state index >= 15 is 0 Å². The smallest absolute Gasteiger partial charge is 0.207 e. The fourth-order valence-electron chi connectivity index (χ4n) is 2.68. The van der Waals surface area contributed by atoms with Gasteiger partial charge >= 0.3 is 0 Å². The van der Waals surface area contributed by atoms with Gasteiger partial charge in [0.25, 0.3) is 0 Å². The van der Waals surface area contributed by atoms with Gasteiger partial charge < -0.3 is 9.88 Å². The predicted octanol–water partition coefficient (Wildman–Crippen LogP) is 2.00. The van der Waals surface area contributed by atoms with Gasteiger partial charge in [-0.1, -0.05) is 6.42 Å². The molecular weight excluding hydrogens is 238 g/mol. The zero-order valence-electron chi connectivity index (χ0n) is 11.7. The molecular formula is C15H25N3O. The number of hydrogen-bond donors (Lipinski definition) is 1. The number of amides is 1. The first-order valence-electron chi connectivity index (χ1n) is 7.42. The van der Waals surface area contributed by atoms with Crippen LogP contribution in [0.4, 0.5) is 0 Å². The maximum absolute atomic E-state index is 10.1. The first kappa shape index (κ1) is 14.1. The monoisotopic (exact) mass is 263 g/mol. The summed E-state index contributed by atoms with van der Waals surface area (Å²) < 4.78 is 2.26. The third-order valence-corrected chi connectivity index (χ3v) is 3.74. The van der Waals surface area contributed by atoms with Crippen molar-refractivity contribution in [3.63, 3.8) is 0 Å². The van der Waals surface area contributed by atoms with Crippen LogP contribution in [-0.4, -0.2) is 35.5 Å². The zero-order valence-corrected chi connectivity index (χ0v) is 11.7. The highest BCUT2D eigenvalue weighted by Crippen LogP contribution is 2.13. The fraction of sp³-hybridized carbons (Fsp3) is 0.667. The Hall–Kier alpha value is -1.29. The second-order valence-corrected chi connectivity index (χ2v) is 5.37. The Morgan fingerprint density at radius 3 is 2.84 bits per heavy atom. The van der Waals surface area contributed by atoms with Crippen LogP contribution in [0.15, 0.2) is 18.5 Å². The molecule has 1 amide bonds. The molecule has 0 atom stereocenters. The molecule has 2 rings (SSSR count). The Kier molecular flexibility index (Phi) is 5.95. The van der Waals surface area contributed by atoms with E-state index in [1.807, 2.05) is 0 Å². The second-order valence-electron chi connectivity index (χ2n) is 5.37. The number of carbonyl (C=O) groups excluding carboxylic acids is 1. The van der Waals surface area contributed by atoms with Crippen LogP contribution in [-0.2, 0) is 17.9 Å². The standard InChI is InChI=1S/C15H25N3O/c19-14-16-7-2-5-10-18-11-6-15(13-18)12-17-8-3-1-4-9-17/h6,11,13-14H,1-5,7-10,12H2,(H,16,19). The van der Waals surface area contributed by atoms with Crippen molar-refractivity contribution in [1.29, 1.82) is 0 Å². The minimum absolute atomic E-state index is 0.770. The lowest BCUT2D eigenvalue weighted by molar-refractivity contribution is -0.109. The van der Waals surface area contributed by atoms with Gasteiger partial charge in [-0.3, -0.25) is 9.69 Å². The summed E-state index contributed by atoms with van der Waals surface area (Å²) in [7, 11) is 0. The van der Waals surface area contributed by atoms with Crippen molar-refractivity contribution in [2.24, 2.45) is 0 Å². The van der Waals surface area contributed by atoms with Gasteiger partial charge in [-0.2, -0.15) is 0 Å². The first-order valence-corrected chi connectivity index (χ1v) is 7.42. The van der Waals surface area contributed by atoms with E-state index in [4.69, 9.17) is 0 Å². The number of likely N-dealkylation sites (tertiary alicyclic amines) is 1. The summed E-state index contributed by atoms with van der Waals surface area (Å²) in [5.74, 6) is 0. The number of aryl methyl sites for hydroxylation is 1. The molecule has 1 aromatic heterocycles. The maximum Gasteiger partial charge on any atom is 0.207 e. The second kappa shape index (κ2) is 8.00. The number of hydrogen-bond acceptors (Lipinski definition) is 2. The molecule has 2 heterocycles. The van der Waals surface area contributed by atoms with Crippen LogP contribution in [0.5, 0.6) is 0 Å². The molecule has 0 radical (unpaired) electrons. The molecule has 0 aliphatic carbocycles. The predicted molar refractivity (Wildman–Crippen MR) is 76.9 cm³/mol. The summed E-state index contributed by atoms with van der Waals surface area (Å²) in [6, 6.07) is 2.23. The Bertz CT molecular complexity index is 369. The Labute approximate surface area is 115 Å². The van der Waals surface area contributed by atoms with Crippen LogP contribution in [0.3, 0.4) is 0 Å². The summed E-state index contributed by atoms with van der Waals surface area (Å²) in [6.45, 7) is 5.43. The molecule has 0 saturated carbocycles. The Morgan fingerprint density at radius 2 is 2.05 bits per heavy atom. The molecule has 0 unspecified atom stereocenters. The van der Waals surface area contributed by atoms with E-state index in [2.05, 4.69) is 33.2 Å². The number of rotatable bonds is 8. The molecule has 1 aliphatic heterocycles. The van der Waals surface area contributed by atoms with E-state index in [0.717, 1.165) is 38.9 Å². The highest BCUT2D eigenvalue weighted by molar-refractivity contribution is 5.45. The number of carbonyl (C=O) groups is 1. The molecule has 1 aromatic rings. The van der Waals surface area contributed by atoms with Gasteiger partial charge in [-0.05, 0) is 50.4 Å². The molecule has 106 valence electrons. The summed E-state index contributed by atoms with van der Waals surface area (Å²) in [5.41, 5.74) is 1.42. The molecule has 0 aromatic carbocycles. The van der Waals surface area contributed by atoms with Crippen molar-refractivity contribution in [1.82, 2.24) is 14.8 Å². The Balaban J connectivity index is 1.67. The van der Waals surface area contributed by atoms with Crippen LogP contribution in [0.2, 0.25) is 0 Å². The number of piperidine rings is 1. The topological polar surface area (TPSA) is 37.3 Å². The number of unbranched alkanes of at least 4 members (excludes halogenated alkanes) is 1. The minimum Gasteiger partial charge on any atom is -0.359 e. The normalized spacial score (nSPS) is 16.4. The van der Waals surface area contributed by atoms with Gasteiger partial charge in [0, 0.05) is 32.0 Å². The van der Waals surface area contributed by atoms with Crippen molar-refractivity contribution in [2.75, 3.05) is 19.6 Å². The van der Waals surface area contributed by atoms with Gasteiger partial charge in [0.1, 0.15) is 0 Å². The van der Waals surface area contributed by atoms with Crippen molar-refractivity contribution in [2.45, 2.75) is 45.2 Å². The quantitative estimate of drug-likeness (QED) is 0.575. The van der Waals surface area contributed by atoms with Crippen molar-refractivity contribution in [3.8, 4) is 0 Å². The molecule has 0 spiro atoms. The van der Waals surface area contributed by atoms with E-state index in [0.29, 0.717) is 0 Å². The number of nitrogens with one attached hydrogen (secondary N) is 1. The van der Waals surface area contributed by atoms with Gasteiger partial charge in [0.2, 0.25) is 6.41 Å². The van der Waals surface area contributed by atoms with Gasteiger partial charge in [0.05, 0.1) is 0 Å². The van der Waals surface area contributed by atoms with Crippen molar-refractivity contribution < 1.29 is 4.79 Å². The summed E-state index contributed by atoms with van der Waals surface area (Å²) in [6.07, 6.45) is 11.5. The van der Waals surface area contributed by atoms with Gasteiger partial charge in [-0.15, -0.1) is 0 Å². The SMILES string of the molecule is O=CNCCCCn1ccc(CN2CCCCC2)c1. The van der Waals surface area contributed by atoms with Crippen LogP contribution in [0.25, 0.3) is 0 Å². The molecule has 1 saturated heterocycles. The molecule has 1 N–H and O–H groups in total. The molecule has 1 fully saturated rings. The van der Waals surface area contributed by atoms with E-state index in [9.17, 15) is 4.79 Å². The molecule has 19 heavy (non-hydrogen) atoms. The molecule has 4 heteroatoms. The summed E-state index contributed by atoms with van der Waals surface area (Å²) in [4.78, 5) is 12.7. The minimum atomic E-state index is 0.770. The lowest BCUT2D eigenvalue weighted by Gasteiger charge is -2.25. The van der Waals surface area contributed by atoms with Crippen LogP contribution in [0, 0.1) is 0 Å². The van der Waals surface area contributed by atoms with E-state index in [1.54, 1.807) is 0 Å². The highest BCUT2D eigenvalue weighted by atomic mass is 16.1. The van der Waals surface area contributed by atoms with Crippen LogP contribution < -0.4 is 5.32 Å². The zero-order chi connectivity index (χ0) is 13.3. The third-order valence-electron chi connectivity index (χ3n) is 3.74. The fourth-order valence-corrected chi connectivity index (χ4v) is 2.68. The highest BCUT2D eigenvalue weighted by Gasteiger charge is 2.10. The largest absolute Gasteiger partial charge is 0.359 e. The lowest BCUT2D eigenvalue weighted by atomic mass is 10.1. The average molecular weight is 263 g/mol. The summed E-state index contributed by atoms with van der Waals surface area (Å²) in [5, 5.41) is 2.70. The van der Waals surface area contributed by atoms with Crippen molar-refractivity contribution in [3.05, 3.63) is 24.0 Å². The number of nitrogens with zero attached hydrogens (tertiary/aromatic N) is 2. The first-order chi connectivity index (χ1) is 9.38. The number of aromatic nitrogens is 1. The van der Waals surface area contributed by atoms with Crippen molar-refractivity contribution >= 4 is 6.41 Å². The lowest BCUT2D eigenvalue weighted by Crippen LogP contribution is -2.28. The van der Waals surface area contributed by atoms with E-state index < -0.39 is 0 Å². The third kappa shape index (κ3) is 5.07. The average Bonchev–Trinajstić information content (AvgIpc) is 2.87. The van der Waals surface area contributed by atoms with Gasteiger partial charge in [0.15, 0.2) is 0 Å². The summed E-state index contributed by atoms with van der Waals surface area (Å²) >= 11 is 0. The molecule has 1 aliphatic rings. The van der Waals surface area contributed by atoms with Crippen LogP contribution >= 0.6 is 0 Å². The molecule has 4 nitrogen and oxygen atoms in total. The Morgan fingerprint density at radius 1 is 1.21 bits per heavy atom. The maximum atomic E-state index is 10.1. The van der Waals surface area contributed by atoms with E-state index in [-0.39, 0.29) is 0 Å². The van der Waals surface area contributed by atoms with E-state index in [1.165, 1.54) is 37.9 Å². The van der Waals surface area contributed by atoms with Gasteiger partial charge in [-0.25, -0.2) is 0 Å². The molecule has 0 bridgehead atoms.